The molecule has 1 spiro atoms. The number of rotatable bonds is 3. The van der Waals surface area contributed by atoms with Gasteiger partial charge in [-0.15, -0.1) is 11.8 Å². The average Bonchev–Trinajstić information content (AvgIpc) is 3.38. The van der Waals surface area contributed by atoms with Crippen molar-refractivity contribution >= 4 is 29.7 Å². The lowest BCUT2D eigenvalue weighted by atomic mass is 10.0. The third-order valence-corrected chi connectivity index (χ3v) is 6.78. The summed E-state index contributed by atoms with van der Waals surface area (Å²) in [6, 6.07) is 13.3. The Labute approximate surface area is 163 Å². The van der Waals surface area contributed by atoms with Gasteiger partial charge in [-0.2, -0.15) is 0 Å². The minimum absolute atomic E-state index is 0.0283. The molecule has 4 rings (SSSR count). The number of piperidine rings is 1. The van der Waals surface area contributed by atoms with E-state index in [1.165, 1.54) is 6.26 Å². The van der Waals surface area contributed by atoms with E-state index in [4.69, 9.17) is 4.42 Å². The molecular formula is C21H22N2O3S. The Morgan fingerprint density at radius 1 is 1.04 bits per heavy atom. The van der Waals surface area contributed by atoms with Crippen LogP contribution in [0.25, 0.3) is 6.08 Å². The molecule has 2 aromatic rings. The molecule has 0 N–H and O–H groups in total. The summed E-state index contributed by atoms with van der Waals surface area (Å²) < 4.78 is 5.30. The lowest BCUT2D eigenvalue weighted by molar-refractivity contribution is -0.127. The highest BCUT2D eigenvalue weighted by atomic mass is 32.2. The lowest BCUT2D eigenvalue weighted by Crippen LogP contribution is -2.53. The number of hydrogen-bond acceptors (Lipinski definition) is 4. The summed E-state index contributed by atoms with van der Waals surface area (Å²) in [6.45, 7) is 2.05. The number of benzene rings is 1. The Morgan fingerprint density at radius 2 is 1.81 bits per heavy atom. The van der Waals surface area contributed by atoms with Crippen LogP contribution in [-0.2, 0) is 4.79 Å². The summed E-state index contributed by atoms with van der Waals surface area (Å²) in [7, 11) is 0. The van der Waals surface area contributed by atoms with E-state index in [0.717, 1.165) is 30.7 Å². The van der Waals surface area contributed by atoms with Gasteiger partial charge in [-0.25, -0.2) is 0 Å². The smallest absolute Gasteiger partial charge is 0.290 e. The van der Waals surface area contributed by atoms with Gasteiger partial charge in [0.2, 0.25) is 5.91 Å². The minimum atomic E-state index is -0.218. The van der Waals surface area contributed by atoms with Gasteiger partial charge in [-0.1, -0.05) is 30.3 Å². The normalized spacial score (nSPS) is 19.1. The van der Waals surface area contributed by atoms with Crippen LogP contribution in [0.1, 0.15) is 29.0 Å². The van der Waals surface area contributed by atoms with Crippen molar-refractivity contribution in [3.8, 4) is 0 Å². The first kappa shape index (κ1) is 17.9. The molecular weight excluding hydrogens is 360 g/mol. The highest BCUT2D eigenvalue weighted by Crippen LogP contribution is 2.44. The van der Waals surface area contributed by atoms with Crippen LogP contribution in [0.2, 0.25) is 0 Å². The lowest BCUT2D eigenvalue weighted by Gasteiger charge is -2.43. The maximum atomic E-state index is 12.8. The zero-order chi connectivity index (χ0) is 18.7. The quantitative estimate of drug-likeness (QED) is 0.763. The number of hydrogen-bond donors (Lipinski definition) is 0. The van der Waals surface area contributed by atoms with E-state index >= 15 is 0 Å². The summed E-state index contributed by atoms with van der Waals surface area (Å²) in [5, 5.41) is 0. The fourth-order valence-electron chi connectivity index (χ4n) is 3.76. The molecule has 2 aliphatic heterocycles. The first-order valence-corrected chi connectivity index (χ1v) is 10.2. The van der Waals surface area contributed by atoms with Gasteiger partial charge < -0.3 is 14.2 Å². The first-order chi connectivity index (χ1) is 13.2. The number of furan rings is 1. The van der Waals surface area contributed by atoms with Crippen molar-refractivity contribution in [3.63, 3.8) is 0 Å². The number of carbonyl (C=O) groups excluding carboxylic acids is 2. The fourth-order valence-corrected chi connectivity index (χ4v) is 5.21. The summed E-state index contributed by atoms with van der Waals surface area (Å²) in [6.07, 6.45) is 6.60. The second kappa shape index (κ2) is 7.64. The molecule has 27 heavy (non-hydrogen) atoms. The largest absolute Gasteiger partial charge is 0.459 e. The Bertz CT molecular complexity index is 824. The maximum Gasteiger partial charge on any atom is 0.290 e. The second-order valence-corrected chi connectivity index (χ2v) is 8.25. The molecule has 3 heterocycles. The molecule has 1 aromatic carbocycles. The van der Waals surface area contributed by atoms with Crippen LogP contribution in [0.5, 0.6) is 0 Å². The molecule has 140 valence electrons. The van der Waals surface area contributed by atoms with Crippen molar-refractivity contribution in [2.45, 2.75) is 17.7 Å². The molecule has 0 saturated carbocycles. The van der Waals surface area contributed by atoms with E-state index in [9.17, 15) is 9.59 Å². The molecule has 1 aromatic heterocycles. The highest BCUT2D eigenvalue weighted by Gasteiger charge is 2.47. The van der Waals surface area contributed by atoms with Gasteiger partial charge in [-0.3, -0.25) is 9.59 Å². The zero-order valence-electron chi connectivity index (χ0n) is 15.0. The van der Waals surface area contributed by atoms with E-state index in [0.29, 0.717) is 18.8 Å². The third-order valence-electron chi connectivity index (χ3n) is 5.23. The molecule has 0 bridgehead atoms. The van der Waals surface area contributed by atoms with Crippen LogP contribution < -0.4 is 0 Å². The van der Waals surface area contributed by atoms with Gasteiger partial charge in [-0.05, 0) is 36.6 Å². The summed E-state index contributed by atoms with van der Waals surface area (Å²) in [5.41, 5.74) is 1.01. The van der Waals surface area contributed by atoms with Gasteiger partial charge >= 0.3 is 0 Å². The van der Waals surface area contributed by atoms with Gasteiger partial charge in [0.05, 0.1) is 11.1 Å². The summed E-state index contributed by atoms with van der Waals surface area (Å²) >= 11 is 1.83. The van der Waals surface area contributed by atoms with Gasteiger partial charge in [0.25, 0.3) is 5.91 Å². The third kappa shape index (κ3) is 3.67. The first-order valence-electron chi connectivity index (χ1n) is 9.19. The molecule has 0 atom stereocenters. The van der Waals surface area contributed by atoms with Crippen molar-refractivity contribution in [2.75, 3.05) is 25.4 Å². The molecule has 0 radical (unpaired) electrons. The van der Waals surface area contributed by atoms with E-state index in [-0.39, 0.29) is 16.7 Å². The van der Waals surface area contributed by atoms with Crippen LogP contribution in [0.3, 0.4) is 0 Å². The van der Waals surface area contributed by atoms with Crippen molar-refractivity contribution in [1.29, 1.82) is 0 Å². The SMILES string of the molecule is O=C(C=Cc1ccccc1)N1CCC2(CC1)SCCN2C(=O)c1ccco1. The maximum absolute atomic E-state index is 12.8. The number of carbonyl (C=O) groups is 2. The average molecular weight is 382 g/mol. The van der Waals surface area contributed by atoms with Gasteiger partial charge in [0.1, 0.15) is 0 Å². The standard InChI is InChI=1S/C21H22N2O3S/c24-19(9-8-17-5-2-1-3-6-17)22-12-10-21(11-13-22)23(14-16-27-21)20(25)18-7-4-15-26-18/h1-9,15H,10-14,16H2. The number of amides is 2. The van der Waals surface area contributed by atoms with Crippen molar-refractivity contribution in [3.05, 3.63) is 66.1 Å². The Morgan fingerprint density at radius 3 is 2.52 bits per heavy atom. The van der Waals surface area contributed by atoms with Crippen LogP contribution >= 0.6 is 11.8 Å². The van der Waals surface area contributed by atoms with Gasteiger partial charge in [0, 0.05) is 31.5 Å². The number of likely N-dealkylation sites (tertiary alicyclic amines) is 1. The molecule has 0 aliphatic carbocycles. The minimum Gasteiger partial charge on any atom is -0.459 e. The van der Waals surface area contributed by atoms with Crippen LogP contribution in [0.15, 0.2) is 59.2 Å². The summed E-state index contributed by atoms with van der Waals surface area (Å²) in [5.74, 6) is 1.30. The zero-order valence-corrected chi connectivity index (χ0v) is 15.9. The van der Waals surface area contributed by atoms with Crippen LogP contribution in [-0.4, -0.2) is 51.9 Å². The van der Waals surface area contributed by atoms with E-state index < -0.39 is 0 Å². The van der Waals surface area contributed by atoms with Crippen molar-refractivity contribution in [1.82, 2.24) is 9.80 Å². The Balaban J connectivity index is 1.39. The van der Waals surface area contributed by atoms with Crippen molar-refractivity contribution < 1.29 is 14.0 Å². The monoisotopic (exact) mass is 382 g/mol. The molecule has 0 unspecified atom stereocenters. The van der Waals surface area contributed by atoms with E-state index in [2.05, 4.69) is 0 Å². The van der Waals surface area contributed by atoms with Gasteiger partial charge in [0.15, 0.2) is 5.76 Å². The van der Waals surface area contributed by atoms with Crippen LogP contribution in [0.4, 0.5) is 0 Å². The Hall–Kier alpha value is -2.47. The molecule has 2 amide bonds. The molecule has 2 saturated heterocycles. The Kier molecular flexibility index (Phi) is 5.07. The molecule has 2 fully saturated rings. The molecule has 6 heteroatoms. The topological polar surface area (TPSA) is 53.8 Å². The predicted molar refractivity (Wildman–Crippen MR) is 106 cm³/mol. The van der Waals surface area contributed by atoms with Crippen molar-refractivity contribution in [2.24, 2.45) is 0 Å². The summed E-state index contributed by atoms with van der Waals surface area (Å²) in [4.78, 5) is 28.9. The van der Waals surface area contributed by atoms with E-state index in [1.807, 2.05) is 58.0 Å². The fraction of sp³-hybridized carbons (Fsp3) is 0.333. The molecule has 5 nitrogen and oxygen atoms in total. The molecule has 2 aliphatic rings. The predicted octanol–water partition coefficient (Wildman–Crippen LogP) is 3.50. The second-order valence-electron chi connectivity index (χ2n) is 6.80. The number of nitrogens with zero attached hydrogens (tertiary/aromatic N) is 2. The number of thioether (sulfide) groups is 1. The van der Waals surface area contributed by atoms with Crippen LogP contribution in [0, 0.1) is 0 Å². The van der Waals surface area contributed by atoms with E-state index in [1.54, 1.807) is 18.2 Å². The highest BCUT2D eigenvalue weighted by molar-refractivity contribution is 8.00.